The summed E-state index contributed by atoms with van der Waals surface area (Å²) in [6.07, 6.45) is 10.7. The smallest absolute Gasteiger partial charge is 0.0958 e. The molecule has 1 aliphatic rings. The summed E-state index contributed by atoms with van der Waals surface area (Å²) in [6, 6.07) is 4.13. The Hall–Kier alpha value is -1.31. The van der Waals surface area contributed by atoms with Crippen molar-refractivity contribution >= 4 is 47.4 Å². The molecule has 1 saturated heterocycles. The van der Waals surface area contributed by atoms with E-state index in [-0.39, 0.29) is 37.0 Å². The summed E-state index contributed by atoms with van der Waals surface area (Å²) in [6.45, 7) is 7.23. The molecule has 0 unspecified atom stereocenters. The molecule has 4 rings (SSSR count). The molecule has 2 aromatic heterocycles. The highest BCUT2D eigenvalue weighted by molar-refractivity contribution is 6.31. The summed E-state index contributed by atoms with van der Waals surface area (Å²) in [5.74, 6) is 0.647. The van der Waals surface area contributed by atoms with Gasteiger partial charge in [-0.1, -0.05) is 25.4 Å². The van der Waals surface area contributed by atoms with Crippen LogP contribution in [0.15, 0.2) is 30.9 Å². The fraction of sp³-hybridized carbons (Fsp3) is 0.565. The molecule has 0 bridgehead atoms. The van der Waals surface area contributed by atoms with Crippen molar-refractivity contribution in [2.24, 2.45) is 5.92 Å². The molecule has 2 N–H and O–H groups in total. The van der Waals surface area contributed by atoms with Crippen molar-refractivity contribution in [2.45, 2.75) is 71.2 Å². The number of aromatic nitrogens is 4. The van der Waals surface area contributed by atoms with E-state index in [4.69, 9.17) is 11.6 Å². The van der Waals surface area contributed by atoms with E-state index in [9.17, 15) is 5.11 Å². The van der Waals surface area contributed by atoms with E-state index in [1.807, 2.05) is 29.3 Å². The molecule has 1 fully saturated rings. The Morgan fingerprint density at radius 3 is 2.81 bits per heavy atom. The molecule has 0 amide bonds. The van der Waals surface area contributed by atoms with Crippen LogP contribution in [0.5, 0.6) is 0 Å². The lowest BCUT2D eigenvalue weighted by molar-refractivity contribution is 0.0909. The van der Waals surface area contributed by atoms with Crippen molar-refractivity contribution in [3.63, 3.8) is 0 Å². The van der Waals surface area contributed by atoms with E-state index < -0.39 is 0 Å². The van der Waals surface area contributed by atoms with Gasteiger partial charge in [0.15, 0.2) is 0 Å². The van der Waals surface area contributed by atoms with Crippen molar-refractivity contribution in [3.8, 4) is 11.1 Å². The number of halogens is 3. The topological polar surface area (TPSA) is 67.9 Å². The fourth-order valence-corrected chi connectivity index (χ4v) is 4.50. The Bertz CT molecular complexity index is 987. The SMILES string of the molecule is CC(C)CCn1cc(-c2cc(Cl)cc3ncn(CCC[C@H]4NCCC[C@@H]4O)c23)cn1.Cl.Cl. The maximum Gasteiger partial charge on any atom is 0.0958 e. The summed E-state index contributed by atoms with van der Waals surface area (Å²) in [5, 5.41) is 18.9. The minimum Gasteiger partial charge on any atom is -0.392 e. The number of hydrogen-bond donors (Lipinski definition) is 2. The number of fused-ring (bicyclic) bond motifs is 1. The lowest BCUT2D eigenvalue weighted by Gasteiger charge is -2.29. The lowest BCUT2D eigenvalue weighted by Crippen LogP contribution is -2.44. The molecule has 6 nitrogen and oxygen atoms in total. The number of nitrogens with one attached hydrogen (secondary N) is 1. The zero-order chi connectivity index (χ0) is 21.1. The first-order chi connectivity index (χ1) is 14.5. The monoisotopic (exact) mass is 501 g/mol. The van der Waals surface area contributed by atoms with Gasteiger partial charge in [0.05, 0.1) is 29.7 Å². The highest BCUT2D eigenvalue weighted by Gasteiger charge is 2.22. The number of aryl methyl sites for hydroxylation is 2. The number of imidazole rings is 1. The Morgan fingerprint density at radius 1 is 1.25 bits per heavy atom. The van der Waals surface area contributed by atoms with Gasteiger partial charge >= 0.3 is 0 Å². The molecule has 9 heteroatoms. The van der Waals surface area contributed by atoms with E-state index in [1.165, 1.54) is 0 Å². The van der Waals surface area contributed by atoms with Gasteiger partial charge in [-0.05, 0) is 56.7 Å². The Morgan fingerprint density at radius 2 is 2.06 bits per heavy atom. The van der Waals surface area contributed by atoms with Crippen molar-refractivity contribution < 1.29 is 5.11 Å². The second-order valence-electron chi connectivity index (χ2n) is 8.85. The fourth-order valence-electron chi connectivity index (χ4n) is 4.29. The lowest BCUT2D eigenvalue weighted by atomic mass is 9.97. The number of benzene rings is 1. The standard InChI is InChI=1S/C23H32ClN5O.2ClH/c1-16(2)7-10-29-14-17(13-27-29)19-11-18(24)12-21-23(19)28(15-26-21)9-4-5-20-22(30)6-3-8-25-20;;/h11-16,20,22,25,30H,3-10H2,1-2H3;2*1H/t20-,22+;;/m1../s1. The maximum absolute atomic E-state index is 10.2. The zero-order valence-corrected chi connectivity index (χ0v) is 21.1. The summed E-state index contributed by atoms with van der Waals surface area (Å²) < 4.78 is 4.22. The van der Waals surface area contributed by atoms with Crippen molar-refractivity contribution in [1.29, 1.82) is 0 Å². The van der Waals surface area contributed by atoms with E-state index in [1.54, 1.807) is 0 Å². The number of aliphatic hydroxyl groups is 1. The number of piperidine rings is 1. The summed E-state index contributed by atoms with van der Waals surface area (Å²) in [7, 11) is 0. The third kappa shape index (κ3) is 6.39. The molecule has 178 valence electrons. The second-order valence-corrected chi connectivity index (χ2v) is 9.28. The molecule has 3 aromatic rings. The summed E-state index contributed by atoms with van der Waals surface area (Å²) in [5.41, 5.74) is 4.14. The van der Waals surface area contributed by atoms with Crippen molar-refractivity contribution in [1.82, 2.24) is 24.6 Å². The normalized spacial score (nSPS) is 18.5. The first-order valence-corrected chi connectivity index (χ1v) is 11.5. The van der Waals surface area contributed by atoms with Gasteiger partial charge < -0.3 is 15.0 Å². The van der Waals surface area contributed by atoms with Crippen LogP contribution in [-0.2, 0) is 13.1 Å². The van der Waals surface area contributed by atoms with Gasteiger partial charge in [0.25, 0.3) is 0 Å². The van der Waals surface area contributed by atoms with E-state index in [0.717, 1.165) is 73.9 Å². The number of nitrogens with zero attached hydrogens (tertiary/aromatic N) is 4. The van der Waals surface area contributed by atoms with Gasteiger partial charge in [0.2, 0.25) is 0 Å². The Labute approximate surface area is 207 Å². The Balaban J connectivity index is 0.00000181. The van der Waals surface area contributed by atoms with Crippen molar-refractivity contribution in [2.75, 3.05) is 6.54 Å². The summed E-state index contributed by atoms with van der Waals surface area (Å²) in [4.78, 5) is 4.60. The van der Waals surface area contributed by atoms with Crippen LogP contribution in [0.3, 0.4) is 0 Å². The van der Waals surface area contributed by atoms with Gasteiger partial charge in [-0.3, -0.25) is 4.68 Å². The molecule has 0 saturated carbocycles. The molecular formula is C23H34Cl3N5O. The van der Waals surface area contributed by atoms with Crippen molar-refractivity contribution in [3.05, 3.63) is 35.9 Å². The molecule has 0 aliphatic carbocycles. The van der Waals surface area contributed by atoms with Gasteiger partial charge in [-0.15, -0.1) is 24.8 Å². The predicted molar refractivity (Wildman–Crippen MR) is 136 cm³/mol. The second kappa shape index (κ2) is 12.2. The first kappa shape index (κ1) is 26.9. The summed E-state index contributed by atoms with van der Waals surface area (Å²) >= 11 is 6.40. The molecule has 1 aliphatic heterocycles. The van der Waals surface area contributed by atoms with Crippen LogP contribution < -0.4 is 5.32 Å². The molecule has 32 heavy (non-hydrogen) atoms. The van der Waals surface area contributed by atoms with Gasteiger partial charge in [0, 0.05) is 41.5 Å². The number of aliphatic hydroxyl groups excluding tert-OH is 1. The van der Waals surface area contributed by atoms with Crippen LogP contribution >= 0.6 is 36.4 Å². The van der Waals surface area contributed by atoms with Crippen LogP contribution in [0.4, 0.5) is 0 Å². The molecule has 0 spiro atoms. The molecule has 2 atom stereocenters. The average molecular weight is 503 g/mol. The third-order valence-corrected chi connectivity index (χ3v) is 6.24. The minimum absolute atomic E-state index is 0. The maximum atomic E-state index is 10.2. The van der Waals surface area contributed by atoms with E-state index in [2.05, 4.69) is 40.0 Å². The van der Waals surface area contributed by atoms with Gasteiger partial charge in [-0.2, -0.15) is 5.10 Å². The quantitative estimate of drug-likeness (QED) is 0.436. The molecular weight excluding hydrogens is 469 g/mol. The van der Waals surface area contributed by atoms with E-state index in [0.29, 0.717) is 10.9 Å². The molecule has 1 aromatic carbocycles. The van der Waals surface area contributed by atoms with Gasteiger partial charge in [0.1, 0.15) is 0 Å². The largest absolute Gasteiger partial charge is 0.392 e. The van der Waals surface area contributed by atoms with Gasteiger partial charge in [-0.25, -0.2) is 4.98 Å². The van der Waals surface area contributed by atoms with Crippen LogP contribution in [0, 0.1) is 5.92 Å². The molecule has 0 radical (unpaired) electrons. The zero-order valence-electron chi connectivity index (χ0n) is 18.7. The van der Waals surface area contributed by atoms with Crippen LogP contribution in [0.2, 0.25) is 5.02 Å². The predicted octanol–water partition coefficient (Wildman–Crippen LogP) is 5.34. The van der Waals surface area contributed by atoms with Crippen LogP contribution in [-0.4, -0.2) is 43.1 Å². The highest BCUT2D eigenvalue weighted by atomic mass is 35.5. The average Bonchev–Trinajstić information content (AvgIpc) is 3.34. The van der Waals surface area contributed by atoms with Crippen LogP contribution in [0.25, 0.3) is 22.2 Å². The van der Waals surface area contributed by atoms with E-state index >= 15 is 0 Å². The Kier molecular flexibility index (Phi) is 10.3. The highest BCUT2D eigenvalue weighted by Crippen LogP contribution is 2.32. The first-order valence-electron chi connectivity index (χ1n) is 11.1. The van der Waals surface area contributed by atoms with Crippen LogP contribution in [0.1, 0.15) is 46.0 Å². The third-order valence-electron chi connectivity index (χ3n) is 6.02. The number of rotatable bonds is 8. The minimum atomic E-state index is -0.232. The molecule has 3 heterocycles. The number of hydrogen-bond acceptors (Lipinski definition) is 4.